The number of thiazole rings is 1. The van der Waals surface area contributed by atoms with Crippen molar-refractivity contribution in [2.75, 3.05) is 11.9 Å². The number of nitrogens with one attached hydrogen (secondary N) is 1. The number of hydrogen-bond acceptors (Lipinski definition) is 8. The number of hydrogen-bond donors (Lipinski definition) is 1. The Bertz CT molecular complexity index is 1530. The van der Waals surface area contributed by atoms with Crippen molar-refractivity contribution < 1.29 is 17.6 Å². The lowest BCUT2D eigenvalue weighted by Crippen LogP contribution is -2.42. The molecule has 0 aliphatic carbocycles. The third-order valence-electron chi connectivity index (χ3n) is 5.27. The molecule has 0 spiro atoms. The first-order chi connectivity index (χ1) is 15.8. The van der Waals surface area contributed by atoms with Crippen LogP contribution in [-0.2, 0) is 14.8 Å². The number of carbonyl (C=O) groups is 1. The zero-order valence-corrected chi connectivity index (χ0v) is 20.1. The Kier molecular flexibility index (Phi) is 5.83. The first-order valence-electron chi connectivity index (χ1n) is 9.90. The molecule has 1 fully saturated rings. The van der Waals surface area contributed by atoms with Gasteiger partial charge >= 0.3 is 5.63 Å². The SMILES string of the molecule is O=C(Nc1nc(-c2cc3ccccc3oc2=O)cs1)C1CCCN1S(=O)(=O)c1ccc(Cl)s1. The number of rotatable bonds is 5. The van der Waals surface area contributed by atoms with Crippen LogP contribution in [0.2, 0.25) is 4.34 Å². The first-order valence-corrected chi connectivity index (χ1v) is 13.4. The van der Waals surface area contributed by atoms with Crippen molar-refractivity contribution in [1.29, 1.82) is 0 Å². The van der Waals surface area contributed by atoms with E-state index in [-0.39, 0.29) is 21.4 Å². The summed E-state index contributed by atoms with van der Waals surface area (Å²) in [5.41, 5.74) is 0.605. The van der Waals surface area contributed by atoms with Crippen molar-refractivity contribution in [3.05, 3.63) is 62.6 Å². The van der Waals surface area contributed by atoms with Gasteiger partial charge in [0.25, 0.3) is 10.0 Å². The van der Waals surface area contributed by atoms with E-state index in [1.54, 1.807) is 23.6 Å². The van der Waals surface area contributed by atoms with Gasteiger partial charge in [-0.3, -0.25) is 4.79 Å². The predicted molar refractivity (Wildman–Crippen MR) is 128 cm³/mol. The summed E-state index contributed by atoms with van der Waals surface area (Å²) in [5, 5.41) is 5.37. The van der Waals surface area contributed by atoms with E-state index >= 15 is 0 Å². The number of sulfonamides is 1. The van der Waals surface area contributed by atoms with Gasteiger partial charge < -0.3 is 9.73 Å². The van der Waals surface area contributed by atoms with Crippen molar-refractivity contribution in [2.45, 2.75) is 23.1 Å². The fraction of sp³-hybridized carbons (Fsp3) is 0.190. The van der Waals surface area contributed by atoms with Crippen LogP contribution in [-0.4, -0.2) is 36.2 Å². The van der Waals surface area contributed by atoms with Crippen molar-refractivity contribution in [1.82, 2.24) is 9.29 Å². The average molecular weight is 522 g/mol. The highest BCUT2D eigenvalue weighted by Gasteiger charge is 2.40. The van der Waals surface area contributed by atoms with Gasteiger partial charge in [-0.25, -0.2) is 18.2 Å². The normalized spacial score (nSPS) is 16.9. The van der Waals surface area contributed by atoms with Gasteiger partial charge in [0, 0.05) is 17.3 Å². The second kappa shape index (κ2) is 8.65. The molecule has 1 N–H and O–H groups in total. The Morgan fingerprint density at radius 1 is 1.24 bits per heavy atom. The van der Waals surface area contributed by atoms with Gasteiger partial charge in [0.05, 0.1) is 15.6 Å². The lowest BCUT2D eigenvalue weighted by molar-refractivity contribution is -0.119. The molecule has 12 heteroatoms. The highest BCUT2D eigenvalue weighted by Crippen LogP contribution is 2.33. The standard InChI is InChI=1S/C21H16ClN3O5S3/c22-17-7-8-18(32-17)33(28,29)25-9-3-5-15(25)19(26)24-21-23-14(11-31-21)13-10-12-4-1-2-6-16(12)30-20(13)27/h1-2,4,6-8,10-11,15H,3,5,9H2,(H,23,24,26). The lowest BCUT2D eigenvalue weighted by Gasteiger charge is -2.22. The van der Waals surface area contributed by atoms with Crippen molar-refractivity contribution in [3.8, 4) is 11.3 Å². The summed E-state index contributed by atoms with van der Waals surface area (Å²) in [6.45, 7) is 0.247. The summed E-state index contributed by atoms with van der Waals surface area (Å²) in [5.74, 6) is -0.467. The largest absolute Gasteiger partial charge is 0.422 e. The molecule has 0 saturated carbocycles. The minimum atomic E-state index is -3.83. The number of aromatic nitrogens is 1. The van der Waals surface area contributed by atoms with Gasteiger partial charge in [-0.15, -0.1) is 22.7 Å². The van der Waals surface area contributed by atoms with Gasteiger partial charge in [-0.2, -0.15) is 4.31 Å². The molecule has 8 nitrogen and oxygen atoms in total. The average Bonchev–Trinajstić information content (AvgIpc) is 3.54. The number of para-hydroxylation sites is 1. The molecule has 0 bridgehead atoms. The molecule has 0 radical (unpaired) electrons. The molecule has 1 unspecified atom stereocenters. The zero-order valence-electron chi connectivity index (χ0n) is 16.9. The van der Waals surface area contributed by atoms with Crippen LogP contribution in [0.4, 0.5) is 5.13 Å². The number of benzene rings is 1. The molecule has 4 heterocycles. The van der Waals surface area contributed by atoms with Gasteiger partial charge in [0.1, 0.15) is 15.8 Å². The summed E-state index contributed by atoms with van der Waals surface area (Å²) in [6.07, 6.45) is 0.967. The second-order valence-electron chi connectivity index (χ2n) is 7.34. The van der Waals surface area contributed by atoms with Crippen LogP contribution in [0.1, 0.15) is 12.8 Å². The fourth-order valence-electron chi connectivity index (χ4n) is 3.73. The third-order valence-corrected chi connectivity index (χ3v) is 9.63. The monoisotopic (exact) mass is 521 g/mol. The van der Waals surface area contributed by atoms with Gasteiger partial charge in [0.2, 0.25) is 5.91 Å². The Hall–Kier alpha value is -2.57. The zero-order chi connectivity index (χ0) is 23.2. The maximum Gasteiger partial charge on any atom is 0.345 e. The number of fused-ring (bicyclic) bond motifs is 1. The summed E-state index contributed by atoms with van der Waals surface area (Å²) in [4.78, 5) is 29.7. The molecule has 1 aliphatic heterocycles. The summed E-state index contributed by atoms with van der Waals surface area (Å²) < 4.78 is 33.0. The van der Waals surface area contributed by atoms with Crippen LogP contribution < -0.4 is 10.9 Å². The van der Waals surface area contributed by atoms with E-state index in [4.69, 9.17) is 16.0 Å². The van der Waals surface area contributed by atoms with E-state index < -0.39 is 27.6 Å². The van der Waals surface area contributed by atoms with Crippen molar-refractivity contribution in [2.24, 2.45) is 0 Å². The minimum absolute atomic E-state index is 0.103. The summed E-state index contributed by atoms with van der Waals surface area (Å²) >= 11 is 8.00. The van der Waals surface area contributed by atoms with Crippen LogP contribution in [0.15, 0.2) is 61.3 Å². The van der Waals surface area contributed by atoms with E-state index in [9.17, 15) is 18.0 Å². The maximum absolute atomic E-state index is 13.0. The Balaban J connectivity index is 1.37. The highest BCUT2D eigenvalue weighted by molar-refractivity contribution is 7.91. The topological polar surface area (TPSA) is 110 Å². The van der Waals surface area contributed by atoms with Gasteiger partial charge in [0.15, 0.2) is 5.13 Å². The molecule has 33 heavy (non-hydrogen) atoms. The Morgan fingerprint density at radius 3 is 2.85 bits per heavy atom. The molecule has 1 amide bonds. The van der Waals surface area contributed by atoms with Crippen LogP contribution >= 0.6 is 34.3 Å². The number of thiophene rings is 1. The molecular formula is C21H16ClN3O5S3. The number of halogens is 1. The van der Waals surface area contributed by atoms with Crippen LogP contribution in [0.3, 0.4) is 0 Å². The molecule has 1 saturated heterocycles. The van der Waals surface area contributed by atoms with E-state index in [2.05, 4.69) is 10.3 Å². The number of anilines is 1. The lowest BCUT2D eigenvalue weighted by atomic mass is 10.1. The smallest absolute Gasteiger partial charge is 0.345 e. The Morgan fingerprint density at radius 2 is 2.06 bits per heavy atom. The molecule has 1 atom stereocenters. The van der Waals surface area contributed by atoms with Gasteiger partial charge in [-0.05, 0) is 37.1 Å². The predicted octanol–water partition coefficient (Wildman–Crippen LogP) is 4.42. The van der Waals surface area contributed by atoms with Gasteiger partial charge in [-0.1, -0.05) is 29.8 Å². The Labute approximate surface area is 201 Å². The van der Waals surface area contributed by atoms with Crippen LogP contribution in [0.25, 0.3) is 22.2 Å². The summed E-state index contributed by atoms with van der Waals surface area (Å²) in [7, 11) is -3.83. The first kappa shape index (κ1) is 22.2. The summed E-state index contributed by atoms with van der Waals surface area (Å²) in [6, 6.07) is 11.0. The van der Waals surface area contributed by atoms with Crippen LogP contribution in [0, 0.1) is 0 Å². The number of carbonyl (C=O) groups excluding carboxylic acids is 1. The third kappa shape index (κ3) is 4.22. The fourth-order valence-corrected chi connectivity index (χ4v) is 7.71. The molecule has 4 aromatic rings. The van der Waals surface area contributed by atoms with E-state index in [1.807, 2.05) is 12.1 Å². The van der Waals surface area contributed by atoms with E-state index in [0.717, 1.165) is 28.1 Å². The molecular weight excluding hydrogens is 506 g/mol. The van der Waals surface area contributed by atoms with Crippen molar-refractivity contribution in [3.63, 3.8) is 0 Å². The molecule has 5 rings (SSSR count). The minimum Gasteiger partial charge on any atom is -0.422 e. The molecule has 1 aromatic carbocycles. The number of amides is 1. The van der Waals surface area contributed by atoms with E-state index in [0.29, 0.717) is 28.5 Å². The van der Waals surface area contributed by atoms with Crippen molar-refractivity contribution >= 4 is 66.3 Å². The molecule has 1 aliphatic rings. The van der Waals surface area contributed by atoms with Crippen LogP contribution in [0.5, 0.6) is 0 Å². The quantitative estimate of drug-likeness (QED) is 0.389. The maximum atomic E-state index is 13.0. The molecule has 3 aromatic heterocycles. The van der Waals surface area contributed by atoms with E-state index in [1.165, 1.54) is 16.4 Å². The molecule has 170 valence electrons. The second-order valence-corrected chi connectivity index (χ2v) is 12.0. The highest BCUT2D eigenvalue weighted by atomic mass is 35.5. The number of nitrogens with zero attached hydrogens (tertiary/aromatic N) is 2.